The molecule has 2 bridgehead atoms. The summed E-state index contributed by atoms with van der Waals surface area (Å²) in [7, 11) is 0. The molecule has 9 atom stereocenters. The van der Waals surface area contributed by atoms with Gasteiger partial charge < -0.3 is 10.4 Å². The van der Waals surface area contributed by atoms with E-state index in [0.717, 1.165) is 48.9 Å². The molecule has 0 aromatic rings. The molecule has 2 N–H and O–H groups in total. The lowest BCUT2D eigenvalue weighted by Gasteiger charge is -2.63. The Balaban J connectivity index is 1.36. The topological polar surface area (TPSA) is 49.3 Å². The second kappa shape index (κ2) is 7.21. The number of carbonyl (C=O) groups excluding carboxylic acids is 1. The zero-order valence-electron chi connectivity index (χ0n) is 20.8. The fraction of sp³-hybridized carbons (Fsp3) is 0.964. The van der Waals surface area contributed by atoms with Crippen LogP contribution in [0, 0.1) is 51.8 Å². The van der Waals surface area contributed by atoms with Crippen LogP contribution in [-0.4, -0.2) is 16.7 Å². The molecule has 0 radical (unpaired) electrons. The fourth-order valence-corrected chi connectivity index (χ4v) is 10.2. The molecule has 5 rings (SSSR count). The number of nitrogens with one attached hydrogen (secondary N) is 1. The molecule has 0 aromatic carbocycles. The molecule has 3 nitrogen and oxygen atoms in total. The lowest BCUT2D eigenvalue weighted by molar-refractivity contribution is -0.178. The number of hydrogen-bond donors (Lipinski definition) is 2. The minimum atomic E-state index is -0.920. The minimum absolute atomic E-state index is 0.0744. The molecule has 31 heavy (non-hydrogen) atoms. The first-order chi connectivity index (χ1) is 14.5. The molecule has 5 fully saturated rings. The number of hydrogen-bond acceptors (Lipinski definition) is 2. The highest BCUT2D eigenvalue weighted by Crippen LogP contribution is 2.73. The lowest BCUT2D eigenvalue weighted by atomic mass is 9.40. The summed E-state index contributed by atoms with van der Waals surface area (Å²) in [6, 6.07) is 0. The van der Waals surface area contributed by atoms with Crippen LogP contribution in [0.15, 0.2) is 0 Å². The lowest BCUT2D eigenvalue weighted by Crippen LogP contribution is -2.60. The Hall–Kier alpha value is -0.570. The monoisotopic (exact) mass is 429 g/mol. The van der Waals surface area contributed by atoms with Gasteiger partial charge in [-0.3, -0.25) is 4.79 Å². The van der Waals surface area contributed by atoms with Gasteiger partial charge in [0.15, 0.2) is 0 Å². The highest BCUT2D eigenvalue weighted by atomic mass is 16.3. The predicted octanol–water partition coefficient (Wildman–Crippen LogP) is 6.30. The van der Waals surface area contributed by atoms with Crippen LogP contribution in [-0.2, 0) is 4.79 Å². The van der Waals surface area contributed by atoms with Crippen LogP contribution < -0.4 is 5.32 Å². The van der Waals surface area contributed by atoms with Gasteiger partial charge in [0.05, 0.1) is 5.41 Å². The molecule has 1 spiro atoms. The van der Waals surface area contributed by atoms with E-state index in [1.54, 1.807) is 0 Å². The summed E-state index contributed by atoms with van der Waals surface area (Å²) in [5.41, 5.74) is -0.648. The quantitative estimate of drug-likeness (QED) is 0.539. The van der Waals surface area contributed by atoms with Crippen molar-refractivity contribution in [2.75, 3.05) is 0 Å². The normalized spacial score (nSPS) is 51.8. The van der Waals surface area contributed by atoms with Crippen LogP contribution in [0.1, 0.15) is 112 Å². The van der Waals surface area contributed by atoms with Gasteiger partial charge in [-0.1, -0.05) is 53.9 Å². The van der Waals surface area contributed by atoms with Crippen LogP contribution in [0.5, 0.6) is 0 Å². The zero-order chi connectivity index (χ0) is 22.2. The van der Waals surface area contributed by atoms with Crippen molar-refractivity contribution in [1.29, 1.82) is 0 Å². The van der Waals surface area contributed by atoms with Gasteiger partial charge in [-0.2, -0.15) is 0 Å². The van der Waals surface area contributed by atoms with E-state index in [9.17, 15) is 9.90 Å². The van der Waals surface area contributed by atoms with Crippen LogP contribution >= 0.6 is 0 Å². The molecule has 4 saturated carbocycles. The number of rotatable bonds is 5. The third kappa shape index (κ3) is 3.03. The Kier molecular flexibility index (Phi) is 5.17. The van der Waals surface area contributed by atoms with Crippen molar-refractivity contribution < 1.29 is 9.90 Å². The Morgan fingerprint density at radius 3 is 2.48 bits per heavy atom. The molecule has 176 valence electrons. The van der Waals surface area contributed by atoms with E-state index in [1.165, 1.54) is 51.4 Å². The van der Waals surface area contributed by atoms with Gasteiger partial charge in [0, 0.05) is 6.42 Å². The summed E-state index contributed by atoms with van der Waals surface area (Å²) < 4.78 is 0. The van der Waals surface area contributed by atoms with Crippen LogP contribution in [0.2, 0.25) is 0 Å². The van der Waals surface area contributed by atoms with E-state index in [1.807, 2.05) is 0 Å². The first-order valence-corrected chi connectivity index (χ1v) is 13.6. The van der Waals surface area contributed by atoms with E-state index in [4.69, 9.17) is 0 Å². The SMILES string of the molecule is CC(C)CCC[C@@H](C)[C@H]1CC[C@H]2[C@@H]3CC[C@]45C[C@](O)(CC[C@]4(C)[C@H]3CC[C@]12C)NC5=O. The maximum Gasteiger partial charge on any atom is 0.229 e. The van der Waals surface area contributed by atoms with E-state index < -0.39 is 5.72 Å². The van der Waals surface area contributed by atoms with Crippen molar-refractivity contribution in [3.05, 3.63) is 0 Å². The van der Waals surface area contributed by atoms with Crippen molar-refractivity contribution in [2.45, 2.75) is 117 Å². The second-order valence-corrected chi connectivity index (χ2v) is 13.6. The number of amides is 1. The average Bonchev–Trinajstić information content (AvgIpc) is 3.15. The number of carbonyl (C=O) groups is 1. The van der Waals surface area contributed by atoms with Crippen molar-refractivity contribution in [3.8, 4) is 0 Å². The number of fused-ring (bicyclic) bond motifs is 5. The van der Waals surface area contributed by atoms with Crippen molar-refractivity contribution >= 4 is 5.91 Å². The zero-order valence-corrected chi connectivity index (χ0v) is 20.8. The molecular formula is C28H47NO2. The van der Waals surface area contributed by atoms with Crippen LogP contribution in [0.3, 0.4) is 0 Å². The van der Waals surface area contributed by atoms with E-state index in [-0.39, 0.29) is 16.7 Å². The molecule has 0 aromatic heterocycles. The maximum atomic E-state index is 13.2. The Labute approximate surface area is 190 Å². The molecule has 0 unspecified atom stereocenters. The van der Waals surface area contributed by atoms with E-state index in [0.29, 0.717) is 17.8 Å². The maximum absolute atomic E-state index is 13.2. The van der Waals surface area contributed by atoms with Gasteiger partial charge in [-0.05, 0) is 97.7 Å². The third-order valence-corrected chi connectivity index (χ3v) is 11.9. The molecular weight excluding hydrogens is 382 g/mol. The standard InChI is InChI=1S/C28H47NO2/c1-18(2)7-6-8-19(3)21-9-10-22-20-11-14-27-17-28(31,29-24(27)30)16-15-26(27,5)23(20)12-13-25(21,22)4/h18-23,31H,6-17H2,1-5H3,(H,29,30)/t19-,20+,21-,22+,23+,25-,26-,27-,28-/m1/s1. The van der Waals surface area contributed by atoms with E-state index >= 15 is 0 Å². The summed E-state index contributed by atoms with van der Waals surface area (Å²) in [5.74, 6) is 5.05. The summed E-state index contributed by atoms with van der Waals surface area (Å²) in [5, 5.41) is 13.9. The fourth-order valence-electron chi connectivity index (χ4n) is 10.2. The van der Waals surface area contributed by atoms with Crippen molar-refractivity contribution in [3.63, 3.8) is 0 Å². The summed E-state index contributed by atoms with van der Waals surface area (Å²) >= 11 is 0. The molecule has 1 heterocycles. The third-order valence-electron chi connectivity index (χ3n) is 11.9. The highest BCUT2D eigenvalue weighted by molar-refractivity contribution is 5.87. The van der Waals surface area contributed by atoms with E-state index in [2.05, 4.69) is 39.9 Å². The minimum Gasteiger partial charge on any atom is -0.371 e. The number of aliphatic hydroxyl groups is 1. The van der Waals surface area contributed by atoms with Crippen molar-refractivity contribution in [1.82, 2.24) is 5.32 Å². The first kappa shape index (κ1) is 22.2. The van der Waals surface area contributed by atoms with Gasteiger partial charge in [-0.15, -0.1) is 0 Å². The Morgan fingerprint density at radius 2 is 1.74 bits per heavy atom. The van der Waals surface area contributed by atoms with Gasteiger partial charge in [0.2, 0.25) is 5.91 Å². The molecule has 5 aliphatic rings. The molecule has 1 saturated heterocycles. The smallest absolute Gasteiger partial charge is 0.229 e. The highest BCUT2D eigenvalue weighted by Gasteiger charge is 2.71. The van der Waals surface area contributed by atoms with Crippen LogP contribution in [0.4, 0.5) is 0 Å². The Morgan fingerprint density at radius 1 is 0.968 bits per heavy atom. The average molecular weight is 430 g/mol. The van der Waals surface area contributed by atoms with Crippen LogP contribution in [0.25, 0.3) is 0 Å². The summed E-state index contributed by atoms with van der Waals surface area (Å²) in [4.78, 5) is 13.2. The van der Waals surface area contributed by atoms with Gasteiger partial charge in [-0.25, -0.2) is 0 Å². The second-order valence-electron chi connectivity index (χ2n) is 13.6. The molecule has 1 aliphatic heterocycles. The predicted molar refractivity (Wildman–Crippen MR) is 125 cm³/mol. The molecule has 4 aliphatic carbocycles. The van der Waals surface area contributed by atoms with Crippen molar-refractivity contribution in [2.24, 2.45) is 51.8 Å². The van der Waals surface area contributed by atoms with Gasteiger partial charge in [0.25, 0.3) is 0 Å². The Bertz CT molecular complexity index is 735. The first-order valence-electron chi connectivity index (χ1n) is 13.6. The largest absolute Gasteiger partial charge is 0.371 e. The summed E-state index contributed by atoms with van der Waals surface area (Å²) in [6.45, 7) is 12.3. The molecule has 1 amide bonds. The van der Waals surface area contributed by atoms with Gasteiger partial charge in [0.1, 0.15) is 5.72 Å². The van der Waals surface area contributed by atoms with Gasteiger partial charge >= 0.3 is 0 Å². The molecule has 3 heteroatoms. The summed E-state index contributed by atoms with van der Waals surface area (Å²) in [6.07, 6.45) is 14.3.